The maximum atomic E-state index is 11.4. The van der Waals surface area contributed by atoms with Crippen LogP contribution in [0.4, 0.5) is 4.79 Å². The zero-order chi connectivity index (χ0) is 12.6. The van der Waals surface area contributed by atoms with Crippen LogP contribution >= 0.6 is 11.6 Å². The molecule has 1 aliphatic heterocycles. The summed E-state index contributed by atoms with van der Waals surface area (Å²) in [4.78, 5) is 11.4. The van der Waals surface area contributed by atoms with Crippen molar-refractivity contribution in [2.45, 2.75) is 26.8 Å². The first-order valence-corrected chi connectivity index (χ1v) is 5.98. The first-order chi connectivity index (χ1) is 7.92. The number of carbonyl (C=O) groups is 1. The van der Waals surface area contributed by atoms with E-state index in [0.717, 1.165) is 11.1 Å². The maximum absolute atomic E-state index is 11.4. The van der Waals surface area contributed by atoms with Gasteiger partial charge >= 0.3 is 6.09 Å². The molecule has 17 heavy (non-hydrogen) atoms. The first-order valence-electron chi connectivity index (χ1n) is 5.60. The average molecular weight is 254 g/mol. The Balaban J connectivity index is 2.46. The molecule has 1 amide bonds. The van der Waals surface area contributed by atoms with Gasteiger partial charge in [-0.15, -0.1) is 0 Å². The van der Waals surface area contributed by atoms with E-state index in [4.69, 9.17) is 16.3 Å². The lowest BCUT2D eigenvalue weighted by Gasteiger charge is -2.39. The van der Waals surface area contributed by atoms with E-state index in [2.05, 4.69) is 19.2 Å². The van der Waals surface area contributed by atoms with Crippen molar-refractivity contribution in [1.29, 1.82) is 0 Å². The van der Waals surface area contributed by atoms with Gasteiger partial charge in [-0.05, 0) is 24.1 Å². The number of hydrogen-bond acceptors (Lipinski definition) is 2. The van der Waals surface area contributed by atoms with Crippen molar-refractivity contribution in [3.05, 3.63) is 34.3 Å². The summed E-state index contributed by atoms with van der Waals surface area (Å²) >= 11 is 6.25. The number of ether oxygens (including phenoxy) is 1. The zero-order valence-electron chi connectivity index (χ0n) is 10.2. The molecule has 1 atom stereocenters. The summed E-state index contributed by atoms with van der Waals surface area (Å²) in [6.45, 7) is 6.51. The van der Waals surface area contributed by atoms with Gasteiger partial charge in [0.1, 0.15) is 6.61 Å². The van der Waals surface area contributed by atoms with E-state index in [9.17, 15) is 4.79 Å². The second kappa shape index (κ2) is 4.22. The molecule has 0 radical (unpaired) electrons. The number of carbonyl (C=O) groups excluding carboxylic acids is 1. The smallest absolute Gasteiger partial charge is 0.407 e. The van der Waals surface area contributed by atoms with Crippen LogP contribution in [0.1, 0.15) is 31.0 Å². The second-order valence-corrected chi connectivity index (χ2v) is 5.52. The van der Waals surface area contributed by atoms with Crippen LogP contribution in [0.25, 0.3) is 0 Å². The van der Waals surface area contributed by atoms with Crippen LogP contribution < -0.4 is 5.32 Å². The lowest BCUT2D eigenvalue weighted by atomic mass is 9.79. The van der Waals surface area contributed by atoms with E-state index < -0.39 is 0 Å². The number of alkyl carbamates (subject to hydrolysis) is 1. The second-order valence-electron chi connectivity index (χ2n) is 5.11. The van der Waals surface area contributed by atoms with Gasteiger partial charge in [0, 0.05) is 10.4 Å². The monoisotopic (exact) mass is 253 g/mol. The predicted octanol–water partition coefficient (Wildman–Crippen LogP) is 3.46. The molecular formula is C13H16ClNO2. The van der Waals surface area contributed by atoms with Crippen LogP contribution in [0.15, 0.2) is 18.2 Å². The molecule has 3 nitrogen and oxygen atoms in total. The minimum atomic E-state index is -0.381. The minimum absolute atomic E-state index is 0.113. The van der Waals surface area contributed by atoms with E-state index >= 15 is 0 Å². The molecule has 1 fully saturated rings. The number of rotatable bonds is 1. The lowest BCUT2D eigenvalue weighted by Crippen LogP contribution is -2.47. The van der Waals surface area contributed by atoms with Crippen LogP contribution in [0.5, 0.6) is 0 Å². The number of halogens is 1. The van der Waals surface area contributed by atoms with Crippen molar-refractivity contribution < 1.29 is 9.53 Å². The third-order valence-corrected chi connectivity index (χ3v) is 3.51. The van der Waals surface area contributed by atoms with E-state index in [1.54, 1.807) is 0 Å². The number of cyclic esters (lactones) is 1. The molecule has 0 aromatic heterocycles. The average Bonchev–Trinajstić information content (AvgIpc) is 2.23. The number of aryl methyl sites for hydroxylation is 1. The summed E-state index contributed by atoms with van der Waals surface area (Å²) in [6.07, 6.45) is -0.381. The fourth-order valence-corrected chi connectivity index (χ4v) is 2.49. The summed E-state index contributed by atoms with van der Waals surface area (Å²) in [5.41, 5.74) is 1.89. The van der Waals surface area contributed by atoms with Gasteiger partial charge in [-0.2, -0.15) is 0 Å². The Morgan fingerprint density at radius 3 is 2.82 bits per heavy atom. The normalized spacial score (nSPS) is 22.8. The molecule has 1 saturated heterocycles. The highest BCUT2D eigenvalue weighted by Gasteiger charge is 2.39. The van der Waals surface area contributed by atoms with Crippen molar-refractivity contribution >= 4 is 17.7 Å². The molecule has 0 spiro atoms. The van der Waals surface area contributed by atoms with Crippen molar-refractivity contribution in [1.82, 2.24) is 5.32 Å². The number of hydrogen-bond donors (Lipinski definition) is 1. The number of benzene rings is 1. The Bertz CT molecular complexity index is 436. The van der Waals surface area contributed by atoms with Crippen LogP contribution in [-0.2, 0) is 4.74 Å². The van der Waals surface area contributed by atoms with Gasteiger partial charge in [0.15, 0.2) is 0 Å². The molecule has 1 heterocycles. The summed E-state index contributed by atoms with van der Waals surface area (Å²) in [5, 5.41) is 3.54. The topological polar surface area (TPSA) is 38.3 Å². The molecule has 1 aromatic rings. The van der Waals surface area contributed by atoms with Gasteiger partial charge in [0.2, 0.25) is 0 Å². The molecule has 2 rings (SSSR count). The van der Waals surface area contributed by atoms with Crippen LogP contribution in [0.2, 0.25) is 5.02 Å². The zero-order valence-corrected chi connectivity index (χ0v) is 11.0. The summed E-state index contributed by atoms with van der Waals surface area (Å²) < 4.78 is 5.03. The molecule has 0 aliphatic carbocycles. The van der Waals surface area contributed by atoms with Crippen molar-refractivity contribution in [3.63, 3.8) is 0 Å². The summed E-state index contributed by atoms with van der Waals surface area (Å²) in [6, 6.07) is 5.65. The van der Waals surface area contributed by atoms with Crippen molar-refractivity contribution in [3.8, 4) is 0 Å². The van der Waals surface area contributed by atoms with Crippen molar-refractivity contribution in [2.24, 2.45) is 5.41 Å². The lowest BCUT2D eigenvalue weighted by molar-refractivity contribution is 0.0386. The number of nitrogens with one attached hydrogen (secondary N) is 1. The summed E-state index contributed by atoms with van der Waals surface area (Å²) in [7, 11) is 0. The molecule has 1 N–H and O–H groups in total. The molecule has 1 aliphatic rings. The quantitative estimate of drug-likeness (QED) is 0.832. The predicted molar refractivity (Wildman–Crippen MR) is 67.2 cm³/mol. The van der Waals surface area contributed by atoms with E-state index in [0.29, 0.717) is 11.6 Å². The van der Waals surface area contributed by atoms with Gasteiger partial charge < -0.3 is 10.1 Å². The third-order valence-electron chi connectivity index (χ3n) is 3.18. The van der Waals surface area contributed by atoms with Crippen molar-refractivity contribution in [2.75, 3.05) is 6.61 Å². The van der Waals surface area contributed by atoms with Crippen LogP contribution in [0, 0.1) is 12.3 Å². The van der Waals surface area contributed by atoms with E-state index in [1.165, 1.54) is 0 Å². The Labute approximate surface area is 106 Å². The standard InChI is InChI=1S/C13H16ClNO2/c1-8-5-4-6-9(14)10(8)11-13(2,3)7-17-12(16)15-11/h4-6,11H,7H2,1-3H3,(H,15,16)/t11-/m0/s1. The summed E-state index contributed by atoms with van der Waals surface area (Å²) in [5.74, 6) is 0. The molecule has 1 aromatic carbocycles. The molecule has 92 valence electrons. The van der Waals surface area contributed by atoms with Gasteiger partial charge in [0.05, 0.1) is 6.04 Å². The largest absolute Gasteiger partial charge is 0.449 e. The Morgan fingerprint density at radius 1 is 1.47 bits per heavy atom. The Kier molecular flexibility index (Phi) is 3.04. The Hall–Kier alpha value is -1.22. The highest BCUT2D eigenvalue weighted by molar-refractivity contribution is 6.31. The molecular weight excluding hydrogens is 238 g/mol. The van der Waals surface area contributed by atoms with Gasteiger partial charge in [-0.25, -0.2) is 4.79 Å². The van der Waals surface area contributed by atoms with Gasteiger partial charge in [-0.1, -0.05) is 37.6 Å². The molecule has 0 unspecified atom stereocenters. The fraction of sp³-hybridized carbons (Fsp3) is 0.462. The van der Waals surface area contributed by atoms with Gasteiger partial charge in [0.25, 0.3) is 0 Å². The van der Waals surface area contributed by atoms with E-state index in [-0.39, 0.29) is 17.6 Å². The highest BCUT2D eigenvalue weighted by atomic mass is 35.5. The molecule has 0 bridgehead atoms. The number of amides is 1. The fourth-order valence-electron chi connectivity index (χ4n) is 2.16. The maximum Gasteiger partial charge on any atom is 0.407 e. The Morgan fingerprint density at radius 2 is 2.18 bits per heavy atom. The third kappa shape index (κ3) is 2.25. The highest BCUT2D eigenvalue weighted by Crippen LogP contribution is 2.40. The van der Waals surface area contributed by atoms with E-state index in [1.807, 2.05) is 25.1 Å². The minimum Gasteiger partial charge on any atom is -0.449 e. The molecule has 4 heteroatoms. The van der Waals surface area contributed by atoms with Gasteiger partial charge in [-0.3, -0.25) is 0 Å². The van der Waals surface area contributed by atoms with Crippen LogP contribution in [0.3, 0.4) is 0 Å². The first kappa shape index (κ1) is 12.2. The molecule has 0 saturated carbocycles. The van der Waals surface area contributed by atoms with Crippen LogP contribution in [-0.4, -0.2) is 12.7 Å². The SMILES string of the molecule is Cc1cccc(Cl)c1[C@@H]1NC(=O)OCC1(C)C.